The zero-order chi connectivity index (χ0) is 14.7. The lowest BCUT2D eigenvalue weighted by Gasteiger charge is -2.26. The molecule has 1 atom stereocenters. The Balaban J connectivity index is 2.41. The SMILES string of the molecule is CCOC(=O)C1=C(C)NC(=O)CC1c1ccc(Cl)nc1. The Morgan fingerprint density at radius 1 is 1.55 bits per heavy atom. The summed E-state index contributed by atoms with van der Waals surface area (Å²) in [5.74, 6) is -0.895. The second-order valence-electron chi connectivity index (χ2n) is 4.48. The molecule has 1 aliphatic heterocycles. The van der Waals surface area contributed by atoms with Crippen molar-refractivity contribution in [1.29, 1.82) is 0 Å². The third-order valence-electron chi connectivity index (χ3n) is 3.12. The summed E-state index contributed by atoms with van der Waals surface area (Å²) in [6.45, 7) is 3.73. The molecule has 1 unspecified atom stereocenters. The Kier molecular flexibility index (Phi) is 4.39. The highest BCUT2D eigenvalue weighted by Gasteiger charge is 2.32. The summed E-state index contributed by atoms with van der Waals surface area (Å²) in [4.78, 5) is 27.8. The number of hydrogen-bond acceptors (Lipinski definition) is 4. The quantitative estimate of drug-likeness (QED) is 0.685. The van der Waals surface area contributed by atoms with Gasteiger partial charge in [-0.3, -0.25) is 4.79 Å². The van der Waals surface area contributed by atoms with Crippen LogP contribution in [-0.4, -0.2) is 23.5 Å². The third-order valence-corrected chi connectivity index (χ3v) is 3.34. The van der Waals surface area contributed by atoms with E-state index in [4.69, 9.17) is 16.3 Å². The molecule has 1 aromatic rings. The highest BCUT2D eigenvalue weighted by atomic mass is 35.5. The smallest absolute Gasteiger partial charge is 0.336 e. The Morgan fingerprint density at radius 2 is 2.30 bits per heavy atom. The van der Waals surface area contributed by atoms with Gasteiger partial charge in [-0.05, 0) is 25.5 Å². The van der Waals surface area contributed by atoms with Gasteiger partial charge in [-0.2, -0.15) is 0 Å². The number of aromatic nitrogens is 1. The van der Waals surface area contributed by atoms with E-state index in [-0.39, 0.29) is 24.9 Å². The van der Waals surface area contributed by atoms with Crippen LogP contribution in [0.1, 0.15) is 31.7 Å². The van der Waals surface area contributed by atoms with Crippen molar-refractivity contribution in [3.63, 3.8) is 0 Å². The topological polar surface area (TPSA) is 68.3 Å². The summed E-state index contributed by atoms with van der Waals surface area (Å²) in [6, 6.07) is 3.41. The molecular weight excluding hydrogens is 280 g/mol. The molecule has 5 nitrogen and oxygen atoms in total. The van der Waals surface area contributed by atoms with Crippen LogP contribution >= 0.6 is 11.6 Å². The molecule has 2 heterocycles. The number of nitrogens with zero attached hydrogens (tertiary/aromatic N) is 1. The second-order valence-corrected chi connectivity index (χ2v) is 4.87. The number of hydrogen-bond donors (Lipinski definition) is 1. The maximum Gasteiger partial charge on any atom is 0.336 e. The van der Waals surface area contributed by atoms with E-state index >= 15 is 0 Å². The van der Waals surface area contributed by atoms with E-state index < -0.39 is 5.97 Å². The average molecular weight is 295 g/mol. The van der Waals surface area contributed by atoms with Crippen molar-refractivity contribution in [3.05, 3.63) is 40.3 Å². The second kappa shape index (κ2) is 6.05. The van der Waals surface area contributed by atoms with E-state index in [0.717, 1.165) is 5.56 Å². The molecule has 0 radical (unpaired) electrons. The number of carbonyl (C=O) groups excluding carboxylic acids is 2. The summed E-state index contributed by atoms with van der Waals surface area (Å²) in [5, 5.41) is 3.04. The lowest BCUT2D eigenvalue weighted by Crippen LogP contribution is -2.34. The minimum Gasteiger partial charge on any atom is -0.463 e. The highest BCUT2D eigenvalue weighted by Crippen LogP contribution is 2.33. The molecule has 106 valence electrons. The van der Waals surface area contributed by atoms with E-state index in [1.807, 2.05) is 0 Å². The zero-order valence-electron chi connectivity index (χ0n) is 11.3. The average Bonchev–Trinajstić information content (AvgIpc) is 2.38. The van der Waals surface area contributed by atoms with Crippen molar-refractivity contribution >= 4 is 23.5 Å². The van der Waals surface area contributed by atoms with Gasteiger partial charge in [0.25, 0.3) is 0 Å². The van der Waals surface area contributed by atoms with Crippen LogP contribution in [0.2, 0.25) is 5.15 Å². The predicted molar refractivity (Wildman–Crippen MR) is 74.1 cm³/mol. The molecule has 1 aromatic heterocycles. The Hall–Kier alpha value is -1.88. The number of amides is 1. The maximum atomic E-state index is 12.1. The molecular formula is C14H15ClN2O3. The van der Waals surface area contributed by atoms with Crippen LogP contribution < -0.4 is 5.32 Å². The van der Waals surface area contributed by atoms with Crippen molar-refractivity contribution in [2.24, 2.45) is 0 Å². The van der Waals surface area contributed by atoms with Crippen LogP contribution in [-0.2, 0) is 14.3 Å². The van der Waals surface area contributed by atoms with Gasteiger partial charge >= 0.3 is 5.97 Å². The van der Waals surface area contributed by atoms with Gasteiger partial charge in [0.1, 0.15) is 5.15 Å². The number of rotatable bonds is 3. The molecule has 1 amide bonds. The standard InChI is InChI=1S/C14H15ClN2O3/c1-3-20-14(19)13-8(2)17-12(18)6-10(13)9-4-5-11(15)16-7-9/h4-5,7,10H,3,6H2,1-2H3,(H,17,18). The highest BCUT2D eigenvalue weighted by molar-refractivity contribution is 6.29. The predicted octanol–water partition coefficient (Wildman–Crippen LogP) is 2.18. The largest absolute Gasteiger partial charge is 0.463 e. The normalized spacial score (nSPS) is 18.8. The summed E-state index contributed by atoms with van der Waals surface area (Å²) >= 11 is 5.76. The van der Waals surface area contributed by atoms with Crippen molar-refractivity contribution in [3.8, 4) is 0 Å². The van der Waals surface area contributed by atoms with Gasteiger partial charge < -0.3 is 10.1 Å². The number of carbonyl (C=O) groups is 2. The van der Waals surface area contributed by atoms with Crippen molar-refractivity contribution in [2.75, 3.05) is 6.61 Å². The van der Waals surface area contributed by atoms with E-state index in [2.05, 4.69) is 10.3 Å². The number of pyridine rings is 1. The summed E-state index contributed by atoms with van der Waals surface area (Å²) in [5.41, 5.74) is 1.77. The monoisotopic (exact) mass is 294 g/mol. The summed E-state index contributed by atoms with van der Waals surface area (Å²) in [7, 11) is 0. The summed E-state index contributed by atoms with van der Waals surface area (Å²) < 4.78 is 5.07. The zero-order valence-corrected chi connectivity index (χ0v) is 12.0. The van der Waals surface area contributed by atoms with Crippen LogP contribution in [0.15, 0.2) is 29.6 Å². The number of ether oxygens (including phenoxy) is 1. The Labute approximate surface area is 122 Å². The van der Waals surface area contributed by atoms with Gasteiger partial charge in [-0.15, -0.1) is 0 Å². The number of halogens is 1. The Bertz CT molecular complexity index is 566. The lowest BCUT2D eigenvalue weighted by atomic mass is 9.85. The van der Waals surface area contributed by atoms with Crippen molar-refractivity contribution in [1.82, 2.24) is 10.3 Å². The van der Waals surface area contributed by atoms with Crippen LogP contribution in [0.25, 0.3) is 0 Å². The molecule has 0 bridgehead atoms. The lowest BCUT2D eigenvalue weighted by molar-refractivity contribution is -0.139. The van der Waals surface area contributed by atoms with Crippen LogP contribution in [0.4, 0.5) is 0 Å². The molecule has 0 aliphatic carbocycles. The molecule has 6 heteroatoms. The number of esters is 1. The fourth-order valence-corrected chi connectivity index (χ4v) is 2.37. The molecule has 0 saturated carbocycles. The first-order chi connectivity index (χ1) is 9.52. The molecule has 1 N–H and O–H groups in total. The van der Waals surface area contributed by atoms with Gasteiger partial charge in [-0.1, -0.05) is 17.7 Å². The van der Waals surface area contributed by atoms with Crippen molar-refractivity contribution in [2.45, 2.75) is 26.2 Å². The third kappa shape index (κ3) is 2.99. The van der Waals surface area contributed by atoms with E-state index in [1.165, 1.54) is 0 Å². The molecule has 0 spiro atoms. The van der Waals surface area contributed by atoms with Crippen LogP contribution in [0, 0.1) is 0 Å². The van der Waals surface area contributed by atoms with Gasteiger partial charge in [0.15, 0.2) is 0 Å². The first-order valence-electron chi connectivity index (χ1n) is 6.32. The minimum atomic E-state index is -0.412. The van der Waals surface area contributed by atoms with Crippen LogP contribution in [0.5, 0.6) is 0 Å². The van der Waals surface area contributed by atoms with Crippen LogP contribution in [0.3, 0.4) is 0 Å². The van der Waals surface area contributed by atoms with E-state index in [1.54, 1.807) is 32.2 Å². The first kappa shape index (κ1) is 14.5. The fraction of sp³-hybridized carbons (Fsp3) is 0.357. The Morgan fingerprint density at radius 3 is 2.90 bits per heavy atom. The molecule has 0 aromatic carbocycles. The van der Waals surface area contributed by atoms with E-state index in [0.29, 0.717) is 16.4 Å². The molecule has 2 rings (SSSR count). The molecule has 1 aliphatic rings. The fourth-order valence-electron chi connectivity index (χ4n) is 2.26. The van der Waals surface area contributed by atoms with E-state index in [9.17, 15) is 9.59 Å². The minimum absolute atomic E-state index is 0.129. The van der Waals surface area contributed by atoms with Crippen molar-refractivity contribution < 1.29 is 14.3 Å². The molecule has 0 saturated heterocycles. The number of allylic oxidation sites excluding steroid dienone is 1. The van der Waals surface area contributed by atoms with Gasteiger partial charge in [0, 0.05) is 24.2 Å². The first-order valence-corrected chi connectivity index (χ1v) is 6.70. The van der Waals surface area contributed by atoms with Gasteiger partial charge in [0.2, 0.25) is 5.91 Å². The van der Waals surface area contributed by atoms with Gasteiger partial charge in [-0.25, -0.2) is 9.78 Å². The molecule has 20 heavy (non-hydrogen) atoms. The maximum absolute atomic E-state index is 12.1. The summed E-state index contributed by atoms with van der Waals surface area (Å²) in [6.07, 6.45) is 1.77. The van der Waals surface area contributed by atoms with Gasteiger partial charge in [0.05, 0.1) is 12.2 Å². The molecule has 0 fully saturated rings. The number of nitrogens with one attached hydrogen (secondary N) is 1.